The summed E-state index contributed by atoms with van der Waals surface area (Å²) >= 11 is 0. The minimum Gasteiger partial charge on any atom is -0.360 e. The summed E-state index contributed by atoms with van der Waals surface area (Å²) in [4.78, 5) is 15.4. The number of nitrogens with zero attached hydrogens (tertiary/aromatic N) is 4. The highest BCUT2D eigenvalue weighted by molar-refractivity contribution is 6.12. The smallest absolute Gasteiger partial charge is 0.262 e. The van der Waals surface area contributed by atoms with E-state index < -0.39 is 6.17 Å². The van der Waals surface area contributed by atoms with Crippen molar-refractivity contribution in [2.75, 3.05) is 10.2 Å². The van der Waals surface area contributed by atoms with Crippen molar-refractivity contribution in [3.8, 4) is 17.3 Å². The van der Waals surface area contributed by atoms with Crippen molar-refractivity contribution in [2.24, 2.45) is 0 Å². The van der Waals surface area contributed by atoms with Gasteiger partial charge in [-0.05, 0) is 24.3 Å². The molecule has 3 aromatic carbocycles. The molecule has 0 bridgehead atoms. The molecule has 0 saturated heterocycles. The van der Waals surface area contributed by atoms with Crippen molar-refractivity contribution in [1.29, 1.82) is 5.26 Å². The van der Waals surface area contributed by atoms with Crippen LogP contribution in [0.3, 0.4) is 0 Å². The summed E-state index contributed by atoms with van der Waals surface area (Å²) in [5.41, 5.74) is 4.84. The zero-order valence-electron chi connectivity index (χ0n) is 17.3. The van der Waals surface area contributed by atoms with Gasteiger partial charge in [-0.25, -0.2) is 0 Å². The Morgan fingerprint density at radius 3 is 2.38 bits per heavy atom. The minimum atomic E-state index is -0.453. The number of aromatic nitrogens is 2. The number of rotatable bonds is 5. The van der Waals surface area contributed by atoms with E-state index >= 15 is 0 Å². The molecule has 1 N–H and O–H groups in total. The zero-order chi connectivity index (χ0) is 21.9. The van der Waals surface area contributed by atoms with Gasteiger partial charge < -0.3 is 5.32 Å². The summed E-state index contributed by atoms with van der Waals surface area (Å²) in [5, 5.41) is 17.4. The van der Waals surface area contributed by atoms with E-state index in [1.165, 1.54) is 0 Å². The number of fused-ring (bicyclic) bond motifs is 1. The van der Waals surface area contributed by atoms with Crippen LogP contribution in [0.1, 0.15) is 28.5 Å². The SMILES string of the molecule is N#CCCn1cc([C@@H]2Nc3ccccc3C(=O)N2c2ccccc2)c(-c2ccccc2)n1. The van der Waals surface area contributed by atoms with Gasteiger partial charge in [0, 0.05) is 28.7 Å². The molecular weight excluding hydrogens is 398 g/mol. The number of nitrogens with one attached hydrogen (secondary N) is 1. The van der Waals surface area contributed by atoms with E-state index in [0.717, 1.165) is 28.2 Å². The van der Waals surface area contributed by atoms with Crippen molar-refractivity contribution in [3.63, 3.8) is 0 Å². The highest BCUT2D eigenvalue weighted by atomic mass is 16.2. The van der Waals surface area contributed by atoms with E-state index in [-0.39, 0.29) is 5.91 Å². The Morgan fingerprint density at radius 1 is 0.938 bits per heavy atom. The summed E-state index contributed by atoms with van der Waals surface area (Å²) < 4.78 is 1.79. The number of carbonyl (C=O) groups excluding carboxylic acids is 1. The van der Waals surface area contributed by atoms with Gasteiger partial charge in [-0.3, -0.25) is 14.4 Å². The molecule has 1 amide bonds. The lowest BCUT2D eigenvalue weighted by Crippen LogP contribution is -2.43. The van der Waals surface area contributed by atoms with Gasteiger partial charge in [0.15, 0.2) is 0 Å². The van der Waals surface area contributed by atoms with Crippen LogP contribution in [0.25, 0.3) is 11.3 Å². The van der Waals surface area contributed by atoms with Crippen molar-refractivity contribution < 1.29 is 4.79 Å². The Kier molecular flexibility index (Phi) is 5.14. The van der Waals surface area contributed by atoms with E-state index in [4.69, 9.17) is 10.4 Å². The highest BCUT2D eigenvalue weighted by Gasteiger charge is 2.36. The lowest BCUT2D eigenvalue weighted by Gasteiger charge is -2.38. The van der Waals surface area contributed by atoms with Crippen LogP contribution in [0, 0.1) is 11.3 Å². The summed E-state index contributed by atoms with van der Waals surface area (Å²) in [6.45, 7) is 0.485. The molecule has 156 valence electrons. The Morgan fingerprint density at radius 2 is 1.62 bits per heavy atom. The second kappa shape index (κ2) is 8.40. The number of para-hydroxylation sites is 2. The number of hydrogen-bond donors (Lipinski definition) is 1. The Bertz CT molecular complexity index is 1290. The van der Waals surface area contributed by atoms with E-state index in [2.05, 4.69) is 11.4 Å². The Balaban J connectivity index is 1.68. The van der Waals surface area contributed by atoms with Crippen molar-refractivity contribution in [3.05, 3.63) is 102 Å². The van der Waals surface area contributed by atoms with Gasteiger partial charge in [-0.15, -0.1) is 0 Å². The molecule has 0 spiro atoms. The molecule has 6 heteroatoms. The number of anilines is 2. The lowest BCUT2D eigenvalue weighted by molar-refractivity contribution is 0.0975. The van der Waals surface area contributed by atoms with Crippen molar-refractivity contribution >= 4 is 17.3 Å². The second-order valence-electron chi connectivity index (χ2n) is 7.57. The molecule has 0 aliphatic carbocycles. The standard InChI is InChI=1S/C26H21N5O/c27-16-9-17-30-18-22(24(29-30)19-10-3-1-4-11-19)25-28-23-15-8-7-14-21(23)26(32)31(25)20-12-5-2-6-13-20/h1-8,10-15,18,25,28H,9,17H2/t25-/m1/s1. The van der Waals surface area contributed by atoms with Crippen molar-refractivity contribution in [2.45, 2.75) is 19.1 Å². The van der Waals surface area contributed by atoms with Crippen LogP contribution in [0.2, 0.25) is 0 Å². The van der Waals surface area contributed by atoms with Crippen molar-refractivity contribution in [1.82, 2.24) is 9.78 Å². The van der Waals surface area contributed by atoms with E-state index in [1.54, 1.807) is 9.58 Å². The van der Waals surface area contributed by atoms with Gasteiger partial charge in [0.1, 0.15) is 6.17 Å². The molecule has 1 aliphatic rings. The molecule has 1 atom stereocenters. The zero-order valence-corrected chi connectivity index (χ0v) is 17.3. The molecule has 0 radical (unpaired) electrons. The van der Waals surface area contributed by atoms with Crippen LogP contribution >= 0.6 is 0 Å². The number of amides is 1. The molecule has 0 saturated carbocycles. The first kappa shape index (κ1) is 19.6. The summed E-state index contributed by atoms with van der Waals surface area (Å²) in [7, 11) is 0. The predicted octanol–water partition coefficient (Wildman–Crippen LogP) is 5.23. The number of carbonyl (C=O) groups is 1. The van der Waals surface area contributed by atoms with Gasteiger partial charge >= 0.3 is 0 Å². The average molecular weight is 419 g/mol. The van der Waals surface area contributed by atoms with Crippen LogP contribution < -0.4 is 10.2 Å². The van der Waals surface area contributed by atoms with Gasteiger partial charge in [0.05, 0.1) is 30.3 Å². The van der Waals surface area contributed by atoms with Gasteiger partial charge in [0.2, 0.25) is 0 Å². The molecule has 0 fully saturated rings. The maximum atomic E-state index is 13.6. The lowest BCUT2D eigenvalue weighted by atomic mass is 10.0. The first-order valence-corrected chi connectivity index (χ1v) is 10.5. The van der Waals surface area contributed by atoms with Gasteiger partial charge in [-0.1, -0.05) is 60.7 Å². The average Bonchev–Trinajstić information content (AvgIpc) is 3.28. The number of aryl methyl sites for hydroxylation is 1. The van der Waals surface area contributed by atoms with Crippen LogP contribution in [0.5, 0.6) is 0 Å². The van der Waals surface area contributed by atoms with Crippen LogP contribution in [-0.4, -0.2) is 15.7 Å². The third-order valence-electron chi connectivity index (χ3n) is 5.55. The van der Waals surface area contributed by atoms with Gasteiger partial charge in [-0.2, -0.15) is 10.4 Å². The maximum absolute atomic E-state index is 13.6. The minimum absolute atomic E-state index is 0.0701. The topological polar surface area (TPSA) is 74.0 Å². The molecule has 6 nitrogen and oxygen atoms in total. The third kappa shape index (κ3) is 3.50. The third-order valence-corrected chi connectivity index (χ3v) is 5.55. The number of nitriles is 1. The fourth-order valence-electron chi connectivity index (χ4n) is 4.06. The molecule has 0 unspecified atom stereocenters. The molecule has 2 heterocycles. The molecule has 1 aromatic heterocycles. The second-order valence-corrected chi connectivity index (χ2v) is 7.57. The Hall–Kier alpha value is -4.37. The Labute approximate surface area is 186 Å². The summed E-state index contributed by atoms with van der Waals surface area (Å²) in [6, 6.07) is 29.3. The van der Waals surface area contributed by atoms with Gasteiger partial charge in [0.25, 0.3) is 5.91 Å². The van der Waals surface area contributed by atoms with E-state index in [9.17, 15) is 4.79 Å². The van der Waals surface area contributed by atoms with E-state index in [1.807, 2.05) is 91.1 Å². The molecule has 5 rings (SSSR count). The normalized spacial score (nSPS) is 15.0. The van der Waals surface area contributed by atoms with E-state index in [0.29, 0.717) is 18.5 Å². The molecule has 1 aliphatic heterocycles. The largest absolute Gasteiger partial charge is 0.360 e. The quantitative estimate of drug-likeness (QED) is 0.480. The first-order valence-electron chi connectivity index (χ1n) is 10.5. The predicted molar refractivity (Wildman–Crippen MR) is 124 cm³/mol. The monoisotopic (exact) mass is 419 g/mol. The fraction of sp³-hybridized carbons (Fsp3) is 0.115. The molecule has 4 aromatic rings. The number of benzene rings is 3. The first-order chi connectivity index (χ1) is 15.8. The fourth-order valence-corrected chi connectivity index (χ4v) is 4.06. The maximum Gasteiger partial charge on any atom is 0.262 e. The summed E-state index contributed by atoms with van der Waals surface area (Å²) in [5.74, 6) is -0.0701. The molecular formula is C26H21N5O. The number of hydrogen-bond acceptors (Lipinski definition) is 4. The molecule has 32 heavy (non-hydrogen) atoms. The summed E-state index contributed by atoms with van der Waals surface area (Å²) in [6.07, 6.45) is 1.84. The van der Waals surface area contributed by atoms with Crippen LogP contribution in [0.4, 0.5) is 11.4 Å². The van der Waals surface area contributed by atoms with Crippen LogP contribution in [-0.2, 0) is 6.54 Å². The van der Waals surface area contributed by atoms with Crippen LogP contribution in [0.15, 0.2) is 91.1 Å². The highest BCUT2D eigenvalue weighted by Crippen LogP contribution is 2.39.